The van der Waals surface area contributed by atoms with Gasteiger partial charge in [-0.3, -0.25) is 9.59 Å². The van der Waals surface area contributed by atoms with E-state index in [1.807, 2.05) is 6.92 Å². The van der Waals surface area contributed by atoms with Gasteiger partial charge in [-0.1, -0.05) is 24.3 Å². The Labute approximate surface area is 196 Å². The monoisotopic (exact) mass is 460 g/mol. The zero-order chi connectivity index (χ0) is 23.8. The minimum absolute atomic E-state index is 0.142. The summed E-state index contributed by atoms with van der Waals surface area (Å²) in [4.78, 5) is 36.8. The molecule has 0 spiro atoms. The lowest BCUT2D eigenvalue weighted by Crippen LogP contribution is -2.28. The number of carboxylic acid groups (broad SMARTS) is 1. The molecule has 1 heterocycles. The lowest BCUT2D eigenvalue weighted by molar-refractivity contribution is -0.140. The van der Waals surface area contributed by atoms with Gasteiger partial charge in [0.25, 0.3) is 11.8 Å². The Morgan fingerprint density at radius 2 is 1.79 bits per heavy atom. The first-order chi connectivity index (χ1) is 16.5. The quantitative estimate of drug-likeness (QED) is 0.367. The van der Waals surface area contributed by atoms with Crippen molar-refractivity contribution >= 4 is 24.0 Å². The second kappa shape index (κ2) is 8.78. The summed E-state index contributed by atoms with van der Waals surface area (Å²) in [5, 5.41) is 14.4. The fourth-order valence-corrected chi connectivity index (χ4v) is 5.07. The number of amides is 2. The highest BCUT2D eigenvalue weighted by Gasteiger charge is 2.59. The Balaban J connectivity index is 1.30. The molecule has 2 fully saturated rings. The Hall–Kier alpha value is -3.94. The number of fused-ring (bicyclic) bond motifs is 5. The number of imide groups is 1. The third-order valence-corrected chi connectivity index (χ3v) is 6.61. The Kier molecular flexibility index (Phi) is 5.65. The van der Waals surface area contributed by atoms with Crippen LogP contribution in [0.2, 0.25) is 0 Å². The van der Waals surface area contributed by atoms with Crippen LogP contribution in [0.3, 0.4) is 0 Å². The summed E-state index contributed by atoms with van der Waals surface area (Å²) in [7, 11) is 0. The third-order valence-electron chi connectivity index (χ3n) is 6.61. The molecule has 0 unspecified atom stereocenters. The first kappa shape index (κ1) is 21.9. The van der Waals surface area contributed by atoms with E-state index in [1.54, 1.807) is 36.4 Å². The van der Waals surface area contributed by atoms with Crippen LogP contribution in [0, 0.1) is 23.7 Å². The normalized spacial score (nSPS) is 24.8. The molecule has 0 aromatic heterocycles. The lowest BCUT2D eigenvalue weighted by Gasteiger charge is -2.13. The van der Waals surface area contributed by atoms with Gasteiger partial charge in [0.15, 0.2) is 11.5 Å². The maximum atomic E-state index is 12.8. The van der Waals surface area contributed by atoms with E-state index >= 15 is 0 Å². The van der Waals surface area contributed by atoms with Crippen molar-refractivity contribution in [3.8, 4) is 11.5 Å². The lowest BCUT2D eigenvalue weighted by atomic mass is 9.85. The number of hydrogen-bond acceptors (Lipinski definition) is 6. The van der Waals surface area contributed by atoms with Crippen LogP contribution in [-0.2, 0) is 16.2 Å². The molecule has 1 saturated carbocycles. The number of nitrogens with zero attached hydrogens (tertiary/aromatic N) is 2. The molecule has 8 heteroatoms. The third kappa shape index (κ3) is 3.85. The van der Waals surface area contributed by atoms with Gasteiger partial charge in [0.1, 0.15) is 6.61 Å². The number of aromatic carboxylic acids is 1. The van der Waals surface area contributed by atoms with Crippen LogP contribution in [0.25, 0.3) is 0 Å². The van der Waals surface area contributed by atoms with Gasteiger partial charge in [-0.15, -0.1) is 0 Å². The van der Waals surface area contributed by atoms with Crippen molar-refractivity contribution < 1.29 is 29.0 Å². The molecule has 1 saturated heterocycles. The summed E-state index contributed by atoms with van der Waals surface area (Å²) in [5.74, 6) is -0.753. The molecule has 4 atom stereocenters. The maximum Gasteiger partial charge on any atom is 0.335 e. The zero-order valence-electron chi connectivity index (χ0n) is 18.6. The van der Waals surface area contributed by atoms with E-state index in [0.29, 0.717) is 29.2 Å². The van der Waals surface area contributed by atoms with Gasteiger partial charge < -0.3 is 14.6 Å². The molecule has 8 nitrogen and oxygen atoms in total. The van der Waals surface area contributed by atoms with E-state index in [1.165, 1.54) is 12.3 Å². The molecule has 1 N–H and O–H groups in total. The predicted octanol–water partition coefficient (Wildman–Crippen LogP) is 3.50. The summed E-state index contributed by atoms with van der Waals surface area (Å²) in [6.07, 6.45) is 6.46. The molecule has 2 aliphatic carbocycles. The number of ether oxygens (including phenoxy) is 2. The van der Waals surface area contributed by atoms with Gasteiger partial charge in [-0.2, -0.15) is 10.1 Å². The molecule has 2 amide bonds. The number of allylic oxidation sites excluding steroid dienone is 2. The highest BCUT2D eigenvalue weighted by atomic mass is 16.5. The van der Waals surface area contributed by atoms with E-state index < -0.39 is 5.97 Å². The minimum atomic E-state index is -0.997. The first-order valence-corrected chi connectivity index (χ1v) is 11.3. The smallest absolute Gasteiger partial charge is 0.335 e. The van der Waals surface area contributed by atoms with Crippen molar-refractivity contribution in [2.75, 3.05) is 6.61 Å². The predicted molar refractivity (Wildman–Crippen MR) is 123 cm³/mol. The van der Waals surface area contributed by atoms with Crippen molar-refractivity contribution in [3.05, 3.63) is 71.3 Å². The summed E-state index contributed by atoms with van der Waals surface area (Å²) < 4.78 is 11.6. The Bertz CT molecular complexity index is 1190. The van der Waals surface area contributed by atoms with Crippen molar-refractivity contribution in [3.63, 3.8) is 0 Å². The average molecular weight is 460 g/mol. The SMILES string of the molecule is CCOc1cc(C=NN2C(=O)[C@@H]3[C@H](C2=O)[C@H]2C=C[C@H]3C2)ccc1OCc1cccc(C(=O)O)c1. The molecule has 3 aliphatic rings. The number of benzene rings is 2. The van der Waals surface area contributed by atoms with Gasteiger partial charge in [0.05, 0.1) is 30.2 Å². The van der Waals surface area contributed by atoms with E-state index in [2.05, 4.69) is 17.3 Å². The van der Waals surface area contributed by atoms with Gasteiger partial charge in [0.2, 0.25) is 0 Å². The molecule has 5 rings (SSSR count). The summed E-state index contributed by atoms with van der Waals surface area (Å²) in [6.45, 7) is 2.43. The fourth-order valence-electron chi connectivity index (χ4n) is 5.07. The van der Waals surface area contributed by atoms with Crippen LogP contribution < -0.4 is 9.47 Å². The number of rotatable bonds is 8. The second-order valence-electron chi connectivity index (χ2n) is 8.67. The van der Waals surface area contributed by atoms with Crippen molar-refractivity contribution in [1.29, 1.82) is 0 Å². The number of carbonyl (C=O) groups excluding carboxylic acids is 2. The molecule has 2 aromatic rings. The molecule has 2 bridgehead atoms. The molecule has 2 aromatic carbocycles. The summed E-state index contributed by atoms with van der Waals surface area (Å²) in [5.41, 5.74) is 1.56. The molecule has 1 aliphatic heterocycles. The average Bonchev–Trinajstić information content (AvgIpc) is 3.51. The summed E-state index contributed by atoms with van der Waals surface area (Å²) in [6, 6.07) is 11.7. The highest BCUT2D eigenvalue weighted by Crippen LogP contribution is 2.52. The Morgan fingerprint density at radius 1 is 1.06 bits per heavy atom. The number of hydrogen-bond donors (Lipinski definition) is 1. The zero-order valence-corrected chi connectivity index (χ0v) is 18.6. The summed E-state index contributed by atoms with van der Waals surface area (Å²) >= 11 is 0. The maximum absolute atomic E-state index is 12.8. The standard InChI is InChI=1S/C26H24N2O6/c1-2-33-21-11-15(6-9-20(21)34-14-16-4-3-5-19(10-16)26(31)32)13-27-28-24(29)22-17-7-8-18(12-17)23(22)25(28)30/h3-11,13,17-18,22-23H,2,12,14H2,1H3,(H,31,32)/t17-,18-,22-,23+/m0/s1. The molecule has 0 radical (unpaired) electrons. The van der Waals surface area contributed by atoms with Gasteiger partial charge in [-0.25, -0.2) is 4.79 Å². The van der Waals surface area contributed by atoms with Crippen LogP contribution >= 0.6 is 0 Å². The number of carboxylic acids is 1. The van der Waals surface area contributed by atoms with Crippen molar-refractivity contribution in [2.24, 2.45) is 28.8 Å². The largest absolute Gasteiger partial charge is 0.490 e. The van der Waals surface area contributed by atoms with Crippen LogP contribution in [0.1, 0.15) is 34.8 Å². The van der Waals surface area contributed by atoms with E-state index in [4.69, 9.17) is 14.6 Å². The van der Waals surface area contributed by atoms with E-state index in [9.17, 15) is 14.4 Å². The fraction of sp³-hybridized carbons (Fsp3) is 0.308. The second-order valence-corrected chi connectivity index (χ2v) is 8.67. The van der Waals surface area contributed by atoms with Gasteiger partial charge >= 0.3 is 5.97 Å². The topological polar surface area (TPSA) is 106 Å². The number of carbonyl (C=O) groups is 3. The Morgan fingerprint density at radius 3 is 2.47 bits per heavy atom. The van der Waals surface area contributed by atoms with Crippen LogP contribution in [0.5, 0.6) is 11.5 Å². The van der Waals surface area contributed by atoms with Crippen LogP contribution in [0.15, 0.2) is 59.7 Å². The van der Waals surface area contributed by atoms with Crippen LogP contribution in [0.4, 0.5) is 0 Å². The van der Waals surface area contributed by atoms with E-state index in [0.717, 1.165) is 11.4 Å². The van der Waals surface area contributed by atoms with Crippen molar-refractivity contribution in [2.45, 2.75) is 20.0 Å². The molecular formula is C26H24N2O6. The molecule has 34 heavy (non-hydrogen) atoms. The highest BCUT2D eigenvalue weighted by molar-refractivity contribution is 6.06. The number of hydrazone groups is 1. The molecule has 174 valence electrons. The minimum Gasteiger partial charge on any atom is -0.490 e. The van der Waals surface area contributed by atoms with Crippen LogP contribution in [-0.4, -0.2) is 40.7 Å². The van der Waals surface area contributed by atoms with E-state index in [-0.39, 0.29) is 47.7 Å². The van der Waals surface area contributed by atoms with Gasteiger partial charge in [-0.05, 0) is 66.6 Å². The van der Waals surface area contributed by atoms with Crippen molar-refractivity contribution in [1.82, 2.24) is 5.01 Å². The first-order valence-electron chi connectivity index (χ1n) is 11.3. The molecular weight excluding hydrogens is 436 g/mol. The van der Waals surface area contributed by atoms with Gasteiger partial charge in [0, 0.05) is 0 Å².